The van der Waals surface area contributed by atoms with Crippen molar-refractivity contribution >= 4 is 35.1 Å². The number of carbonyl (C=O) groups is 3. The fourth-order valence-corrected chi connectivity index (χ4v) is 3.96. The van der Waals surface area contributed by atoms with E-state index < -0.39 is 5.97 Å². The maximum absolute atomic E-state index is 12.8. The number of nitrogens with one attached hydrogen (secondary N) is 3. The number of fused-ring (bicyclic) bond motifs is 1. The number of amides is 2. The molecule has 1 aliphatic heterocycles. The number of aromatic amines is 1. The number of anilines is 1. The summed E-state index contributed by atoms with van der Waals surface area (Å²) < 4.78 is 0. The Morgan fingerprint density at radius 2 is 1.81 bits per heavy atom. The molecule has 7 heteroatoms. The third kappa shape index (κ3) is 3.80. The Hall–Kier alpha value is -4.13. The Kier molecular flexibility index (Phi) is 5.40. The van der Waals surface area contributed by atoms with Gasteiger partial charge in [0.1, 0.15) is 0 Å². The second kappa shape index (κ2) is 8.19. The van der Waals surface area contributed by atoms with E-state index in [-0.39, 0.29) is 23.4 Å². The van der Waals surface area contributed by atoms with E-state index in [1.54, 1.807) is 38.1 Å². The molecule has 2 amide bonds. The molecule has 0 radical (unpaired) electrons. The van der Waals surface area contributed by atoms with Gasteiger partial charge in [-0.25, -0.2) is 4.79 Å². The molecule has 1 aliphatic rings. The minimum Gasteiger partial charge on any atom is -0.478 e. The summed E-state index contributed by atoms with van der Waals surface area (Å²) in [5.41, 5.74) is 4.80. The van der Waals surface area contributed by atoms with Gasteiger partial charge in [-0.05, 0) is 56.2 Å². The number of benzene rings is 2. The average molecular weight is 429 g/mol. The average Bonchev–Trinajstić information content (AvgIpc) is 3.23. The second-order valence-corrected chi connectivity index (χ2v) is 7.85. The van der Waals surface area contributed by atoms with E-state index in [0.717, 1.165) is 5.56 Å². The fourth-order valence-electron chi connectivity index (χ4n) is 3.96. The summed E-state index contributed by atoms with van der Waals surface area (Å²) in [6.45, 7) is 5.28. The van der Waals surface area contributed by atoms with Crippen molar-refractivity contribution in [2.24, 2.45) is 0 Å². The van der Waals surface area contributed by atoms with Crippen LogP contribution in [0.25, 0.3) is 11.6 Å². The number of carboxylic acids is 1. The van der Waals surface area contributed by atoms with E-state index in [2.05, 4.69) is 15.6 Å². The van der Waals surface area contributed by atoms with Crippen molar-refractivity contribution in [1.29, 1.82) is 0 Å². The largest absolute Gasteiger partial charge is 0.478 e. The SMILES string of the molecule is Cc1[nH]c(/C=C2\C(=O)Nc3ccc(C(=O)N[C@@H](C)c4ccccc4)cc32)c(C)c1C(=O)O. The van der Waals surface area contributed by atoms with Crippen LogP contribution in [0.1, 0.15) is 61.8 Å². The van der Waals surface area contributed by atoms with Gasteiger partial charge in [0, 0.05) is 28.2 Å². The van der Waals surface area contributed by atoms with Crippen LogP contribution in [0.4, 0.5) is 5.69 Å². The molecule has 4 N–H and O–H groups in total. The van der Waals surface area contributed by atoms with Crippen LogP contribution in [0.15, 0.2) is 48.5 Å². The van der Waals surface area contributed by atoms with Crippen LogP contribution in [0.5, 0.6) is 0 Å². The number of hydrogen-bond acceptors (Lipinski definition) is 3. The lowest BCUT2D eigenvalue weighted by Crippen LogP contribution is -2.26. The molecule has 162 valence electrons. The maximum Gasteiger partial charge on any atom is 0.337 e. The predicted octanol–water partition coefficient (Wildman–Crippen LogP) is 4.31. The van der Waals surface area contributed by atoms with Crippen LogP contribution in [0.3, 0.4) is 0 Å². The maximum atomic E-state index is 12.8. The van der Waals surface area contributed by atoms with E-state index in [4.69, 9.17) is 0 Å². The Bertz CT molecular complexity index is 1270. The molecular weight excluding hydrogens is 406 g/mol. The van der Waals surface area contributed by atoms with Crippen molar-refractivity contribution in [3.05, 3.63) is 87.7 Å². The van der Waals surface area contributed by atoms with Gasteiger partial charge in [-0.2, -0.15) is 0 Å². The van der Waals surface area contributed by atoms with Gasteiger partial charge in [-0.1, -0.05) is 30.3 Å². The van der Waals surface area contributed by atoms with Crippen molar-refractivity contribution in [1.82, 2.24) is 10.3 Å². The standard InChI is InChI=1S/C25H23N3O4/c1-13-21(26-15(3)22(13)25(31)32)12-19-18-11-17(9-10-20(18)28-24(19)30)23(29)27-14(2)16-7-5-4-6-8-16/h4-12,14,26H,1-3H3,(H,27,29)(H,28,30)(H,31,32)/b19-12-/t14-/m0/s1. The Morgan fingerprint density at radius 3 is 2.47 bits per heavy atom. The zero-order valence-corrected chi connectivity index (χ0v) is 17.9. The summed E-state index contributed by atoms with van der Waals surface area (Å²) in [5, 5.41) is 15.2. The van der Waals surface area contributed by atoms with Gasteiger partial charge in [0.05, 0.1) is 17.2 Å². The van der Waals surface area contributed by atoms with E-state index in [1.165, 1.54) is 0 Å². The van der Waals surface area contributed by atoms with Crippen molar-refractivity contribution in [3.63, 3.8) is 0 Å². The van der Waals surface area contributed by atoms with Crippen LogP contribution in [0, 0.1) is 13.8 Å². The first-order chi connectivity index (χ1) is 15.3. The van der Waals surface area contributed by atoms with Crippen LogP contribution in [0.2, 0.25) is 0 Å². The first-order valence-electron chi connectivity index (χ1n) is 10.2. The van der Waals surface area contributed by atoms with Crippen molar-refractivity contribution < 1.29 is 19.5 Å². The van der Waals surface area contributed by atoms with Crippen molar-refractivity contribution in [3.8, 4) is 0 Å². The Morgan fingerprint density at radius 1 is 1.09 bits per heavy atom. The molecular formula is C25H23N3O4. The molecule has 0 saturated heterocycles. The van der Waals surface area contributed by atoms with Crippen LogP contribution in [-0.2, 0) is 4.79 Å². The van der Waals surface area contributed by atoms with Gasteiger partial charge >= 0.3 is 5.97 Å². The molecule has 0 fully saturated rings. The second-order valence-electron chi connectivity index (χ2n) is 7.85. The Labute approximate surface area is 185 Å². The minimum atomic E-state index is -1.02. The highest BCUT2D eigenvalue weighted by Gasteiger charge is 2.27. The van der Waals surface area contributed by atoms with Gasteiger partial charge in [-0.3, -0.25) is 9.59 Å². The number of aryl methyl sites for hydroxylation is 1. The number of aromatic carboxylic acids is 1. The van der Waals surface area contributed by atoms with Crippen LogP contribution < -0.4 is 10.6 Å². The lowest BCUT2D eigenvalue weighted by atomic mass is 10.0. The van der Waals surface area contributed by atoms with Gasteiger partial charge in [-0.15, -0.1) is 0 Å². The first-order valence-corrected chi connectivity index (χ1v) is 10.2. The summed E-state index contributed by atoms with van der Waals surface area (Å²) >= 11 is 0. The molecule has 1 atom stereocenters. The lowest BCUT2D eigenvalue weighted by Gasteiger charge is -2.14. The number of hydrogen-bond donors (Lipinski definition) is 4. The predicted molar refractivity (Wildman–Crippen MR) is 122 cm³/mol. The van der Waals surface area contributed by atoms with E-state index >= 15 is 0 Å². The number of aromatic nitrogens is 1. The molecule has 2 aromatic carbocycles. The van der Waals surface area contributed by atoms with Crippen molar-refractivity contribution in [2.45, 2.75) is 26.8 Å². The highest BCUT2D eigenvalue weighted by molar-refractivity contribution is 6.35. The molecule has 0 aliphatic carbocycles. The van der Waals surface area contributed by atoms with E-state index in [0.29, 0.717) is 39.3 Å². The highest BCUT2D eigenvalue weighted by atomic mass is 16.4. The summed E-state index contributed by atoms with van der Waals surface area (Å²) in [5.74, 6) is -1.58. The molecule has 7 nitrogen and oxygen atoms in total. The number of rotatable bonds is 5. The van der Waals surface area contributed by atoms with Gasteiger partial charge in [0.25, 0.3) is 11.8 Å². The smallest absolute Gasteiger partial charge is 0.337 e. The first kappa shape index (κ1) is 21.1. The molecule has 0 spiro atoms. The van der Waals surface area contributed by atoms with E-state index in [1.807, 2.05) is 37.3 Å². The summed E-state index contributed by atoms with van der Waals surface area (Å²) in [7, 11) is 0. The van der Waals surface area contributed by atoms with Gasteiger partial charge in [0.15, 0.2) is 0 Å². The van der Waals surface area contributed by atoms with E-state index in [9.17, 15) is 19.5 Å². The van der Waals surface area contributed by atoms with Crippen LogP contribution in [-0.4, -0.2) is 27.9 Å². The monoisotopic (exact) mass is 429 g/mol. The topological polar surface area (TPSA) is 111 Å². The Balaban J connectivity index is 1.66. The quantitative estimate of drug-likeness (QED) is 0.453. The zero-order chi connectivity index (χ0) is 23.0. The third-order valence-electron chi connectivity index (χ3n) is 5.69. The molecule has 0 unspecified atom stereocenters. The third-order valence-corrected chi connectivity index (χ3v) is 5.69. The lowest BCUT2D eigenvalue weighted by molar-refractivity contribution is -0.110. The van der Waals surface area contributed by atoms with Crippen LogP contribution >= 0.6 is 0 Å². The summed E-state index contributed by atoms with van der Waals surface area (Å²) in [6.07, 6.45) is 1.63. The number of H-pyrrole nitrogens is 1. The molecule has 0 bridgehead atoms. The molecule has 32 heavy (non-hydrogen) atoms. The fraction of sp³-hybridized carbons (Fsp3) is 0.160. The molecule has 4 rings (SSSR count). The van der Waals surface area contributed by atoms with Crippen molar-refractivity contribution in [2.75, 3.05) is 5.32 Å². The zero-order valence-electron chi connectivity index (χ0n) is 17.9. The number of carboxylic acid groups (broad SMARTS) is 1. The molecule has 1 aromatic heterocycles. The summed E-state index contributed by atoms with van der Waals surface area (Å²) in [6, 6.07) is 14.5. The highest BCUT2D eigenvalue weighted by Crippen LogP contribution is 2.35. The molecule has 2 heterocycles. The molecule has 3 aromatic rings. The molecule has 0 saturated carbocycles. The van der Waals surface area contributed by atoms with Gasteiger partial charge in [0.2, 0.25) is 0 Å². The van der Waals surface area contributed by atoms with Gasteiger partial charge < -0.3 is 20.7 Å². The minimum absolute atomic E-state index is 0.175. The summed E-state index contributed by atoms with van der Waals surface area (Å²) in [4.78, 5) is 40.0. The normalized spacial score (nSPS) is 14.7. The number of carbonyl (C=O) groups excluding carboxylic acids is 2.